The molecule has 2 aromatic carbocycles. The molecule has 18 heavy (non-hydrogen) atoms. The third kappa shape index (κ3) is 1.61. The van der Waals surface area contributed by atoms with E-state index in [0.29, 0.717) is 6.54 Å². The number of hydrogen-bond donors (Lipinski definition) is 0. The Morgan fingerprint density at radius 1 is 1.06 bits per heavy atom. The Labute approximate surface area is 107 Å². The highest BCUT2D eigenvalue weighted by Gasteiger charge is 2.28. The number of anilines is 1. The molecule has 0 atom stereocenters. The molecule has 2 nitrogen and oxygen atoms in total. The Bertz CT molecular complexity index is 604. The standard InChI is InChI=1S/C16H15NO/c1-2-12-7-4-6-10-15(12)17-11-13-8-3-5-9-14(13)16(17)18/h3-10H,2,11H2,1H3. The van der Waals surface area contributed by atoms with Crippen LogP contribution in [0.25, 0.3) is 0 Å². The zero-order valence-corrected chi connectivity index (χ0v) is 10.4. The SMILES string of the molecule is CCc1ccccc1N1Cc2ccccc2C1=O. The third-order valence-corrected chi connectivity index (χ3v) is 3.48. The number of para-hydroxylation sites is 1. The fraction of sp³-hybridized carbons (Fsp3) is 0.188. The first-order valence-corrected chi connectivity index (χ1v) is 6.29. The minimum atomic E-state index is 0.117. The van der Waals surface area contributed by atoms with Crippen molar-refractivity contribution in [3.8, 4) is 0 Å². The first-order valence-electron chi connectivity index (χ1n) is 6.29. The van der Waals surface area contributed by atoms with Crippen LogP contribution in [0.5, 0.6) is 0 Å². The summed E-state index contributed by atoms with van der Waals surface area (Å²) in [6.07, 6.45) is 0.941. The molecule has 2 aromatic rings. The van der Waals surface area contributed by atoms with Crippen molar-refractivity contribution in [3.63, 3.8) is 0 Å². The molecule has 0 N–H and O–H groups in total. The van der Waals surface area contributed by atoms with Gasteiger partial charge in [-0.25, -0.2) is 0 Å². The number of hydrogen-bond acceptors (Lipinski definition) is 1. The maximum Gasteiger partial charge on any atom is 0.258 e. The van der Waals surface area contributed by atoms with Crippen molar-refractivity contribution in [2.75, 3.05) is 4.90 Å². The first kappa shape index (κ1) is 11.0. The quantitative estimate of drug-likeness (QED) is 0.783. The van der Waals surface area contributed by atoms with Crippen LogP contribution in [0.15, 0.2) is 48.5 Å². The second kappa shape index (κ2) is 4.30. The second-order valence-corrected chi connectivity index (χ2v) is 4.53. The summed E-state index contributed by atoms with van der Waals surface area (Å²) in [5, 5.41) is 0. The van der Waals surface area contributed by atoms with Crippen LogP contribution >= 0.6 is 0 Å². The smallest absolute Gasteiger partial charge is 0.258 e. The summed E-state index contributed by atoms with van der Waals surface area (Å²) >= 11 is 0. The summed E-state index contributed by atoms with van der Waals surface area (Å²) in [6.45, 7) is 2.80. The fourth-order valence-corrected chi connectivity index (χ4v) is 2.52. The molecule has 0 spiro atoms. The van der Waals surface area contributed by atoms with Gasteiger partial charge in [0, 0.05) is 11.3 Å². The Morgan fingerprint density at radius 3 is 2.56 bits per heavy atom. The van der Waals surface area contributed by atoms with Gasteiger partial charge in [-0.3, -0.25) is 4.79 Å². The molecule has 3 rings (SSSR count). The van der Waals surface area contributed by atoms with Gasteiger partial charge in [-0.15, -0.1) is 0 Å². The molecule has 0 aromatic heterocycles. The van der Waals surface area contributed by atoms with Crippen LogP contribution in [0.1, 0.15) is 28.4 Å². The van der Waals surface area contributed by atoms with Crippen LogP contribution in [0.2, 0.25) is 0 Å². The van der Waals surface area contributed by atoms with E-state index < -0.39 is 0 Å². The van der Waals surface area contributed by atoms with Crippen molar-refractivity contribution in [3.05, 3.63) is 65.2 Å². The topological polar surface area (TPSA) is 20.3 Å². The largest absolute Gasteiger partial charge is 0.304 e. The van der Waals surface area contributed by atoms with E-state index in [1.807, 2.05) is 47.4 Å². The highest BCUT2D eigenvalue weighted by atomic mass is 16.2. The number of rotatable bonds is 2. The summed E-state index contributed by atoms with van der Waals surface area (Å²) in [4.78, 5) is 14.3. The predicted octanol–water partition coefficient (Wildman–Crippen LogP) is 3.41. The highest BCUT2D eigenvalue weighted by Crippen LogP contribution is 2.30. The predicted molar refractivity (Wildman–Crippen MR) is 72.8 cm³/mol. The van der Waals surface area contributed by atoms with Crippen molar-refractivity contribution < 1.29 is 4.79 Å². The van der Waals surface area contributed by atoms with Crippen LogP contribution < -0.4 is 4.90 Å². The average Bonchev–Trinajstić information content (AvgIpc) is 2.76. The summed E-state index contributed by atoms with van der Waals surface area (Å²) in [6, 6.07) is 16.0. The number of nitrogens with zero attached hydrogens (tertiary/aromatic N) is 1. The first-order chi connectivity index (χ1) is 8.81. The van der Waals surface area contributed by atoms with E-state index in [4.69, 9.17) is 0 Å². The molecule has 0 saturated heterocycles. The molecule has 90 valence electrons. The van der Waals surface area contributed by atoms with Crippen molar-refractivity contribution in [2.45, 2.75) is 19.9 Å². The molecule has 0 fully saturated rings. The molecular weight excluding hydrogens is 222 g/mol. The van der Waals surface area contributed by atoms with E-state index in [2.05, 4.69) is 13.0 Å². The van der Waals surface area contributed by atoms with Gasteiger partial charge >= 0.3 is 0 Å². The minimum Gasteiger partial charge on any atom is -0.304 e. The van der Waals surface area contributed by atoms with Gasteiger partial charge in [0.05, 0.1) is 6.54 Å². The lowest BCUT2D eigenvalue weighted by Crippen LogP contribution is -2.24. The molecule has 0 unspecified atom stereocenters. The summed E-state index contributed by atoms with van der Waals surface area (Å²) in [5.74, 6) is 0.117. The number of amides is 1. The van der Waals surface area contributed by atoms with Gasteiger partial charge in [-0.1, -0.05) is 43.3 Å². The van der Waals surface area contributed by atoms with Crippen molar-refractivity contribution in [1.82, 2.24) is 0 Å². The lowest BCUT2D eigenvalue weighted by Gasteiger charge is -2.19. The van der Waals surface area contributed by atoms with Crippen LogP contribution in [0.4, 0.5) is 5.69 Å². The molecule has 0 radical (unpaired) electrons. The Kier molecular flexibility index (Phi) is 2.63. The van der Waals surface area contributed by atoms with E-state index >= 15 is 0 Å². The zero-order chi connectivity index (χ0) is 12.5. The van der Waals surface area contributed by atoms with Crippen LogP contribution in [-0.4, -0.2) is 5.91 Å². The van der Waals surface area contributed by atoms with Crippen LogP contribution in [-0.2, 0) is 13.0 Å². The van der Waals surface area contributed by atoms with Crippen molar-refractivity contribution in [1.29, 1.82) is 0 Å². The second-order valence-electron chi connectivity index (χ2n) is 4.53. The molecule has 0 saturated carbocycles. The third-order valence-electron chi connectivity index (χ3n) is 3.48. The van der Waals surface area contributed by atoms with Gasteiger partial charge in [0.2, 0.25) is 0 Å². The lowest BCUT2D eigenvalue weighted by atomic mass is 10.1. The van der Waals surface area contributed by atoms with Gasteiger partial charge in [0.1, 0.15) is 0 Å². The fourth-order valence-electron chi connectivity index (χ4n) is 2.52. The van der Waals surface area contributed by atoms with E-state index in [-0.39, 0.29) is 5.91 Å². The lowest BCUT2D eigenvalue weighted by molar-refractivity contribution is 0.0996. The number of fused-ring (bicyclic) bond motifs is 1. The Hall–Kier alpha value is -2.09. The summed E-state index contributed by atoms with van der Waals surface area (Å²) in [7, 11) is 0. The minimum absolute atomic E-state index is 0.117. The monoisotopic (exact) mass is 237 g/mol. The van der Waals surface area contributed by atoms with Gasteiger partial charge in [-0.2, -0.15) is 0 Å². The van der Waals surface area contributed by atoms with Crippen molar-refractivity contribution in [2.24, 2.45) is 0 Å². The van der Waals surface area contributed by atoms with Gasteiger partial charge in [0.15, 0.2) is 0 Å². The van der Waals surface area contributed by atoms with Crippen molar-refractivity contribution >= 4 is 11.6 Å². The molecule has 0 aliphatic carbocycles. The molecule has 1 aliphatic rings. The normalized spacial score (nSPS) is 13.8. The van der Waals surface area contributed by atoms with Gasteiger partial charge in [-0.05, 0) is 29.7 Å². The maximum absolute atomic E-state index is 12.4. The van der Waals surface area contributed by atoms with E-state index in [9.17, 15) is 4.79 Å². The Morgan fingerprint density at radius 2 is 1.78 bits per heavy atom. The number of aryl methyl sites for hydroxylation is 1. The molecule has 2 heteroatoms. The van der Waals surface area contributed by atoms with E-state index in [1.165, 1.54) is 5.56 Å². The number of carbonyl (C=O) groups is 1. The zero-order valence-electron chi connectivity index (χ0n) is 10.4. The Balaban J connectivity index is 2.04. The number of benzene rings is 2. The summed E-state index contributed by atoms with van der Waals surface area (Å²) in [5.41, 5.74) is 4.22. The molecule has 1 heterocycles. The molecule has 1 amide bonds. The summed E-state index contributed by atoms with van der Waals surface area (Å²) < 4.78 is 0. The average molecular weight is 237 g/mol. The molecule has 0 bridgehead atoms. The van der Waals surface area contributed by atoms with Gasteiger partial charge < -0.3 is 4.90 Å². The highest BCUT2D eigenvalue weighted by molar-refractivity contribution is 6.10. The van der Waals surface area contributed by atoms with E-state index in [0.717, 1.165) is 23.2 Å². The molecule has 1 aliphatic heterocycles. The van der Waals surface area contributed by atoms with Crippen LogP contribution in [0.3, 0.4) is 0 Å². The van der Waals surface area contributed by atoms with Crippen LogP contribution in [0, 0.1) is 0 Å². The molecular formula is C16H15NO. The van der Waals surface area contributed by atoms with E-state index in [1.54, 1.807) is 0 Å². The van der Waals surface area contributed by atoms with Gasteiger partial charge in [0.25, 0.3) is 5.91 Å². The maximum atomic E-state index is 12.4. The number of carbonyl (C=O) groups excluding carboxylic acids is 1.